The van der Waals surface area contributed by atoms with E-state index in [1.165, 1.54) is 18.2 Å². The van der Waals surface area contributed by atoms with E-state index >= 15 is 0 Å². The fourth-order valence-electron chi connectivity index (χ4n) is 2.93. The molecule has 0 aliphatic carbocycles. The van der Waals surface area contributed by atoms with Crippen molar-refractivity contribution in [2.75, 3.05) is 0 Å². The molecule has 0 radical (unpaired) electrons. The zero-order valence-corrected chi connectivity index (χ0v) is 18.6. The van der Waals surface area contributed by atoms with Crippen LogP contribution in [0.3, 0.4) is 0 Å². The van der Waals surface area contributed by atoms with Crippen molar-refractivity contribution in [3.05, 3.63) is 105 Å². The Kier molecular flexibility index (Phi) is 7.02. The van der Waals surface area contributed by atoms with Gasteiger partial charge >= 0.3 is 0 Å². The quantitative estimate of drug-likeness (QED) is 0.255. The lowest BCUT2D eigenvalue weighted by Gasteiger charge is -2.08. The van der Waals surface area contributed by atoms with Gasteiger partial charge in [0.15, 0.2) is 0 Å². The van der Waals surface area contributed by atoms with Crippen molar-refractivity contribution >= 4 is 35.3 Å². The summed E-state index contributed by atoms with van der Waals surface area (Å²) < 4.78 is 19.5. The van der Waals surface area contributed by atoms with Crippen molar-refractivity contribution in [1.82, 2.24) is 15.6 Å². The summed E-state index contributed by atoms with van der Waals surface area (Å²) in [6, 6.07) is 20.6. The third kappa shape index (κ3) is 5.58. The van der Waals surface area contributed by atoms with Crippen LogP contribution in [0.4, 0.5) is 4.39 Å². The van der Waals surface area contributed by atoms with E-state index in [0.717, 1.165) is 17.3 Å². The van der Waals surface area contributed by atoms with Crippen LogP contribution in [0.2, 0.25) is 10.0 Å². The molecule has 2 N–H and O–H groups in total. The number of hydrogen-bond acceptors (Lipinski definition) is 4. The van der Waals surface area contributed by atoms with Crippen LogP contribution in [0.5, 0.6) is 5.75 Å². The first-order valence-electron chi connectivity index (χ1n) is 9.81. The number of H-pyrrole nitrogens is 1. The predicted molar refractivity (Wildman–Crippen MR) is 126 cm³/mol. The number of aromatic nitrogens is 2. The Balaban J connectivity index is 1.37. The average Bonchev–Trinajstić information content (AvgIpc) is 3.31. The number of aromatic amines is 1. The van der Waals surface area contributed by atoms with E-state index in [9.17, 15) is 9.18 Å². The SMILES string of the molecule is O=C(N/N=C/c1c(F)cccc1Cl)c1cc(-c2ccc(OCc3ccccc3Cl)cc2)n[nH]1. The Morgan fingerprint density at radius 1 is 1.06 bits per heavy atom. The number of nitrogens with zero attached hydrogens (tertiary/aromatic N) is 2. The summed E-state index contributed by atoms with van der Waals surface area (Å²) in [5.74, 6) is -0.394. The molecular weight excluding hydrogens is 466 g/mol. The molecule has 1 amide bonds. The normalized spacial score (nSPS) is 11.0. The summed E-state index contributed by atoms with van der Waals surface area (Å²) in [4.78, 5) is 12.3. The van der Waals surface area contributed by atoms with E-state index in [0.29, 0.717) is 23.1 Å². The minimum Gasteiger partial charge on any atom is -0.489 e. The number of benzene rings is 3. The highest BCUT2D eigenvalue weighted by molar-refractivity contribution is 6.33. The molecule has 1 heterocycles. The fourth-order valence-corrected chi connectivity index (χ4v) is 3.34. The van der Waals surface area contributed by atoms with Crippen molar-refractivity contribution in [2.24, 2.45) is 5.10 Å². The number of carbonyl (C=O) groups is 1. The maximum Gasteiger partial charge on any atom is 0.289 e. The number of ether oxygens (including phenoxy) is 1. The molecule has 0 atom stereocenters. The molecule has 1 aromatic heterocycles. The van der Waals surface area contributed by atoms with Gasteiger partial charge in [-0.05, 0) is 48.5 Å². The van der Waals surface area contributed by atoms with Crippen LogP contribution >= 0.6 is 23.2 Å². The summed E-state index contributed by atoms with van der Waals surface area (Å²) in [6.45, 7) is 0.352. The summed E-state index contributed by atoms with van der Waals surface area (Å²) in [5, 5.41) is 11.4. The van der Waals surface area contributed by atoms with E-state index < -0.39 is 11.7 Å². The van der Waals surface area contributed by atoms with Crippen LogP contribution in [0.1, 0.15) is 21.6 Å². The minimum atomic E-state index is -0.538. The second-order valence-corrected chi connectivity index (χ2v) is 7.72. The van der Waals surface area contributed by atoms with Gasteiger partial charge < -0.3 is 4.74 Å². The summed E-state index contributed by atoms with van der Waals surface area (Å²) in [5.41, 5.74) is 4.85. The molecule has 0 aliphatic heterocycles. The maximum absolute atomic E-state index is 13.8. The largest absolute Gasteiger partial charge is 0.489 e. The number of carbonyl (C=O) groups excluding carboxylic acids is 1. The zero-order chi connectivity index (χ0) is 23.2. The van der Waals surface area contributed by atoms with E-state index in [1.807, 2.05) is 48.5 Å². The molecule has 9 heteroatoms. The number of hydrogen-bond donors (Lipinski definition) is 2. The van der Waals surface area contributed by atoms with Crippen molar-refractivity contribution in [1.29, 1.82) is 0 Å². The fraction of sp³-hybridized carbons (Fsp3) is 0.0417. The lowest BCUT2D eigenvalue weighted by Crippen LogP contribution is -2.18. The van der Waals surface area contributed by atoms with Crippen LogP contribution in [0.15, 0.2) is 77.9 Å². The van der Waals surface area contributed by atoms with Gasteiger partial charge in [0.25, 0.3) is 5.91 Å². The van der Waals surface area contributed by atoms with Crippen molar-refractivity contribution in [3.8, 4) is 17.0 Å². The van der Waals surface area contributed by atoms with Gasteiger partial charge in [0, 0.05) is 21.7 Å². The van der Waals surface area contributed by atoms with Crippen molar-refractivity contribution in [3.63, 3.8) is 0 Å². The van der Waals surface area contributed by atoms with E-state index in [-0.39, 0.29) is 16.3 Å². The molecule has 0 fully saturated rings. The molecule has 0 aliphatic rings. The molecule has 0 spiro atoms. The molecule has 33 heavy (non-hydrogen) atoms. The number of amides is 1. The van der Waals surface area contributed by atoms with Crippen LogP contribution in [-0.2, 0) is 6.61 Å². The van der Waals surface area contributed by atoms with Crippen LogP contribution in [-0.4, -0.2) is 22.3 Å². The molecule has 4 aromatic rings. The highest BCUT2D eigenvalue weighted by Crippen LogP contribution is 2.23. The summed E-state index contributed by atoms with van der Waals surface area (Å²) >= 11 is 12.1. The monoisotopic (exact) mass is 482 g/mol. The van der Waals surface area contributed by atoms with Gasteiger partial charge in [-0.2, -0.15) is 10.2 Å². The van der Waals surface area contributed by atoms with Gasteiger partial charge in [-0.1, -0.05) is 47.5 Å². The Hall–Kier alpha value is -3.68. The summed E-state index contributed by atoms with van der Waals surface area (Å²) in [6.07, 6.45) is 1.15. The van der Waals surface area contributed by atoms with Gasteiger partial charge in [0.1, 0.15) is 23.9 Å². The van der Waals surface area contributed by atoms with Gasteiger partial charge in [-0.3, -0.25) is 9.89 Å². The molecular formula is C24H17Cl2FN4O2. The van der Waals surface area contributed by atoms with E-state index in [2.05, 4.69) is 20.7 Å². The van der Waals surface area contributed by atoms with Crippen LogP contribution in [0.25, 0.3) is 11.3 Å². The number of nitrogens with one attached hydrogen (secondary N) is 2. The van der Waals surface area contributed by atoms with Gasteiger partial charge in [0.05, 0.1) is 16.9 Å². The Morgan fingerprint density at radius 3 is 2.58 bits per heavy atom. The molecule has 0 saturated heterocycles. The third-order valence-corrected chi connectivity index (χ3v) is 5.38. The van der Waals surface area contributed by atoms with E-state index in [4.69, 9.17) is 27.9 Å². The first-order valence-corrected chi connectivity index (χ1v) is 10.6. The lowest BCUT2D eigenvalue weighted by atomic mass is 10.1. The standard InChI is InChI=1S/C24H17Cl2FN4O2/c25-19-5-2-1-4-16(19)14-33-17-10-8-15(9-11-17)22-12-23(30-29-22)24(32)31-28-13-18-20(26)6-3-7-21(18)27/h1-13H,14H2,(H,29,30)(H,31,32)/b28-13+. The minimum absolute atomic E-state index is 0.0848. The smallest absolute Gasteiger partial charge is 0.289 e. The summed E-state index contributed by atoms with van der Waals surface area (Å²) in [7, 11) is 0. The zero-order valence-electron chi connectivity index (χ0n) is 17.1. The Morgan fingerprint density at radius 2 is 1.82 bits per heavy atom. The second kappa shape index (κ2) is 10.3. The molecule has 4 rings (SSSR count). The molecule has 166 valence electrons. The predicted octanol–water partition coefficient (Wildman–Crippen LogP) is 5.87. The topological polar surface area (TPSA) is 79.4 Å². The number of rotatable bonds is 7. The highest BCUT2D eigenvalue weighted by Gasteiger charge is 2.11. The third-order valence-electron chi connectivity index (χ3n) is 4.68. The highest BCUT2D eigenvalue weighted by atomic mass is 35.5. The Labute approximate surface area is 199 Å². The lowest BCUT2D eigenvalue weighted by molar-refractivity contribution is 0.0950. The van der Waals surface area contributed by atoms with E-state index in [1.54, 1.807) is 6.07 Å². The molecule has 0 bridgehead atoms. The van der Waals surface area contributed by atoms with Crippen LogP contribution < -0.4 is 10.2 Å². The first kappa shape index (κ1) is 22.5. The molecule has 0 saturated carbocycles. The average molecular weight is 483 g/mol. The Bertz CT molecular complexity index is 1290. The number of halogens is 3. The molecule has 6 nitrogen and oxygen atoms in total. The van der Waals surface area contributed by atoms with Gasteiger partial charge in [-0.15, -0.1) is 0 Å². The van der Waals surface area contributed by atoms with Crippen LogP contribution in [0, 0.1) is 5.82 Å². The molecule has 3 aromatic carbocycles. The molecule has 0 unspecified atom stereocenters. The first-order chi connectivity index (χ1) is 16.0. The van der Waals surface area contributed by atoms with Gasteiger partial charge in [-0.25, -0.2) is 9.82 Å². The van der Waals surface area contributed by atoms with Crippen molar-refractivity contribution < 1.29 is 13.9 Å². The van der Waals surface area contributed by atoms with Gasteiger partial charge in [0.2, 0.25) is 0 Å². The maximum atomic E-state index is 13.8. The second-order valence-electron chi connectivity index (χ2n) is 6.91. The number of hydrazone groups is 1. The van der Waals surface area contributed by atoms with Crippen molar-refractivity contribution in [2.45, 2.75) is 6.61 Å².